The Morgan fingerprint density at radius 1 is 1.26 bits per heavy atom. The van der Waals surface area contributed by atoms with Gasteiger partial charge in [-0.1, -0.05) is 41.7 Å². The summed E-state index contributed by atoms with van der Waals surface area (Å²) in [5.74, 6) is 0. The van der Waals surface area contributed by atoms with E-state index in [4.69, 9.17) is 4.99 Å². The van der Waals surface area contributed by atoms with Gasteiger partial charge in [0.2, 0.25) is 0 Å². The first-order valence-corrected chi connectivity index (χ1v) is 12.1. The van der Waals surface area contributed by atoms with Crippen LogP contribution in [0.25, 0.3) is 10.2 Å². The molecule has 7 nitrogen and oxygen atoms in total. The van der Waals surface area contributed by atoms with Crippen LogP contribution in [0.4, 0.5) is 16.5 Å². The number of anilines is 1. The summed E-state index contributed by atoms with van der Waals surface area (Å²) in [4.78, 5) is 22.3. The van der Waals surface area contributed by atoms with Crippen LogP contribution in [-0.2, 0) is 6.42 Å². The smallest absolute Gasteiger partial charge is 0.270 e. The Hall–Kier alpha value is -2.65. The standard InChI is InChI=1S/C22H23N5O2S2/c1-26-18-3-2-4-19(18)31-22(26)24-15-7-5-14(6-8-15)11-12-23-21-25-17-10-9-16(27(28)29)13-20(17)30-21/h5-10,13,18-19H,2-4,11-12H2,1H3,(H,23,25)/t18-,19?/m1/s1. The fraction of sp³-hybridized carbons (Fsp3) is 0.364. The monoisotopic (exact) mass is 453 g/mol. The molecule has 1 N–H and O–H groups in total. The van der Waals surface area contributed by atoms with Gasteiger partial charge in [-0.2, -0.15) is 0 Å². The Labute approximate surface area is 188 Å². The molecule has 1 aromatic heterocycles. The lowest BCUT2D eigenvalue weighted by Gasteiger charge is -2.19. The maximum absolute atomic E-state index is 10.9. The number of nitro groups is 1. The van der Waals surface area contributed by atoms with Crippen LogP contribution in [0.15, 0.2) is 47.5 Å². The molecule has 1 aliphatic heterocycles. The minimum atomic E-state index is -0.379. The van der Waals surface area contributed by atoms with E-state index in [-0.39, 0.29) is 10.6 Å². The number of benzene rings is 2. The van der Waals surface area contributed by atoms with Gasteiger partial charge in [0.05, 0.1) is 20.8 Å². The molecule has 0 bridgehead atoms. The molecule has 2 aromatic carbocycles. The van der Waals surface area contributed by atoms with E-state index in [9.17, 15) is 10.1 Å². The van der Waals surface area contributed by atoms with Crippen molar-refractivity contribution in [1.82, 2.24) is 9.88 Å². The second-order valence-corrected chi connectivity index (χ2v) is 10.2. The van der Waals surface area contributed by atoms with Crippen molar-refractivity contribution in [1.29, 1.82) is 0 Å². The molecule has 31 heavy (non-hydrogen) atoms. The van der Waals surface area contributed by atoms with Gasteiger partial charge < -0.3 is 10.2 Å². The predicted molar refractivity (Wildman–Crippen MR) is 129 cm³/mol. The minimum Gasteiger partial charge on any atom is -0.361 e. The predicted octanol–water partition coefficient (Wildman–Crippen LogP) is 5.45. The number of rotatable bonds is 6. The van der Waals surface area contributed by atoms with E-state index >= 15 is 0 Å². The summed E-state index contributed by atoms with van der Waals surface area (Å²) >= 11 is 3.37. The number of thiazole rings is 1. The molecule has 1 unspecified atom stereocenters. The van der Waals surface area contributed by atoms with Crippen LogP contribution in [0.3, 0.4) is 0 Å². The van der Waals surface area contributed by atoms with E-state index in [0.29, 0.717) is 11.3 Å². The van der Waals surface area contributed by atoms with Crippen LogP contribution in [0.5, 0.6) is 0 Å². The quantitative estimate of drug-likeness (QED) is 0.395. The van der Waals surface area contributed by atoms with Gasteiger partial charge in [-0.25, -0.2) is 9.98 Å². The molecule has 5 rings (SSSR count). The SMILES string of the molecule is CN1C(=Nc2ccc(CCNc3nc4ccc([N+](=O)[O-])cc4s3)cc2)SC2CCC[C@H]21. The lowest BCUT2D eigenvalue weighted by atomic mass is 10.1. The second kappa shape index (κ2) is 8.47. The van der Waals surface area contributed by atoms with Crippen molar-refractivity contribution in [3.63, 3.8) is 0 Å². The van der Waals surface area contributed by atoms with Crippen LogP contribution >= 0.6 is 23.1 Å². The number of amidine groups is 1. The van der Waals surface area contributed by atoms with Crippen molar-refractivity contribution in [3.05, 3.63) is 58.1 Å². The zero-order valence-electron chi connectivity index (χ0n) is 17.2. The Morgan fingerprint density at radius 3 is 2.87 bits per heavy atom. The number of fused-ring (bicyclic) bond motifs is 2. The third-order valence-corrected chi connectivity index (χ3v) is 8.33. The van der Waals surface area contributed by atoms with Crippen molar-refractivity contribution in [2.75, 3.05) is 18.9 Å². The minimum absolute atomic E-state index is 0.0942. The van der Waals surface area contributed by atoms with Gasteiger partial charge in [0, 0.05) is 37.0 Å². The molecule has 0 spiro atoms. The van der Waals surface area contributed by atoms with Crippen molar-refractivity contribution in [2.24, 2.45) is 4.99 Å². The first-order valence-electron chi connectivity index (χ1n) is 10.4. The van der Waals surface area contributed by atoms with Gasteiger partial charge in [-0.05, 0) is 43.0 Å². The van der Waals surface area contributed by atoms with Crippen LogP contribution < -0.4 is 5.32 Å². The zero-order chi connectivity index (χ0) is 21.4. The van der Waals surface area contributed by atoms with E-state index < -0.39 is 0 Å². The summed E-state index contributed by atoms with van der Waals surface area (Å²) in [6.45, 7) is 0.748. The van der Waals surface area contributed by atoms with Crippen molar-refractivity contribution >= 4 is 55.0 Å². The molecule has 0 radical (unpaired) electrons. The molecule has 3 aromatic rings. The molecular formula is C22H23N5O2S2. The molecule has 2 heterocycles. The summed E-state index contributed by atoms with van der Waals surface area (Å²) in [7, 11) is 2.17. The van der Waals surface area contributed by atoms with Crippen LogP contribution in [0.2, 0.25) is 0 Å². The molecular weight excluding hydrogens is 430 g/mol. The highest BCUT2D eigenvalue weighted by molar-refractivity contribution is 8.14. The van der Waals surface area contributed by atoms with Crippen molar-refractivity contribution in [3.8, 4) is 0 Å². The lowest BCUT2D eigenvalue weighted by Crippen LogP contribution is -2.30. The summed E-state index contributed by atoms with van der Waals surface area (Å²) in [5.41, 5.74) is 3.11. The number of non-ortho nitro benzene ring substituents is 1. The normalized spacial score (nSPS) is 21.7. The molecule has 2 aliphatic rings. The molecule has 160 valence electrons. The largest absolute Gasteiger partial charge is 0.361 e. The number of aliphatic imine (C=N–C) groups is 1. The number of hydrogen-bond donors (Lipinski definition) is 1. The van der Waals surface area contributed by atoms with E-state index in [1.165, 1.54) is 42.2 Å². The van der Waals surface area contributed by atoms with Crippen LogP contribution in [0, 0.1) is 10.1 Å². The highest BCUT2D eigenvalue weighted by Gasteiger charge is 2.39. The Bertz CT molecular complexity index is 1140. The topological polar surface area (TPSA) is 83.7 Å². The fourth-order valence-corrected chi connectivity index (χ4v) is 6.63. The van der Waals surface area contributed by atoms with E-state index in [2.05, 4.69) is 46.5 Å². The lowest BCUT2D eigenvalue weighted by molar-refractivity contribution is -0.384. The second-order valence-electron chi connectivity index (χ2n) is 7.93. The number of nitrogens with zero attached hydrogens (tertiary/aromatic N) is 4. The summed E-state index contributed by atoms with van der Waals surface area (Å²) < 4.78 is 0.819. The Balaban J connectivity index is 1.18. The number of thioether (sulfide) groups is 1. The Kier molecular flexibility index (Phi) is 5.54. The molecule has 1 saturated heterocycles. The summed E-state index contributed by atoms with van der Waals surface area (Å²) in [5, 5.41) is 16.9. The summed E-state index contributed by atoms with van der Waals surface area (Å²) in [6.07, 6.45) is 4.78. The third kappa shape index (κ3) is 4.24. The van der Waals surface area contributed by atoms with Gasteiger partial charge in [0.15, 0.2) is 10.3 Å². The molecule has 9 heteroatoms. The molecule has 2 atom stereocenters. The molecule has 1 saturated carbocycles. The first kappa shape index (κ1) is 20.3. The number of aromatic nitrogens is 1. The van der Waals surface area contributed by atoms with Gasteiger partial charge in [-0.3, -0.25) is 10.1 Å². The third-order valence-electron chi connectivity index (χ3n) is 5.91. The Morgan fingerprint density at radius 2 is 2.10 bits per heavy atom. The molecule has 1 aliphatic carbocycles. The van der Waals surface area contributed by atoms with Gasteiger partial charge in [-0.15, -0.1) is 0 Å². The highest BCUT2D eigenvalue weighted by Crippen LogP contribution is 2.41. The average molecular weight is 454 g/mol. The van der Waals surface area contributed by atoms with Crippen molar-refractivity contribution in [2.45, 2.75) is 37.0 Å². The number of nitro benzene ring substituents is 1. The first-order chi connectivity index (χ1) is 15.1. The van der Waals surface area contributed by atoms with Gasteiger partial charge in [0.1, 0.15) is 0 Å². The fourth-order valence-electron chi connectivity index (χ4n) is 4.22. The van der Waals surface area contributed by atoms with Gasteiger partial charge >= 0.3 is 0 Å². The molecule has 2 fully saturated rings. The van der Waals surface area contributed by atoms with Crippen molar-refractivity contribution < 1.29 is 4.92 Å². The van der Waals surface area contributed by atoms with Gasteiger partial charge in [0.25, 0.3) is 5.69 Å². The van der Waals surface area contributed by atoms with Crippen LogP contribution in [0.1, 0.15) is 24.8 Å². The maximum Gasteiger partial charge on any atom is 0.270 e. The number of hydrogen-bond acceptors (Lipinski definition) is 7. The van der Waals surface area contributed by atoms with E-state index in [0.717, 1.165) is 39.2 Å². The van der Waals surface area contributed by atoms with E-state index in [1.807, 2.05) is 11.8 Å². The highest BCUT2D eigenvalue weighted by atomic mass is 32.2. The summed E-state index contributed by atoms with van der Waals surface area (Å²) in [6, 6.07) is 13.8. The maximum atomic E-state index is 10.9. The van der Waals surface area contributed by atoms with Crippen LogP contribution in [-0.4, -0.2) is 44.9 Å². The molecule has 0 amide bonds. The van der Waals surface area contributed by atoms with E-state index in [1.54, 1.807) is 12.1 Å². The zero-order valence-corrected chi connectivity index (χ0v) is 18.8. The number of nitrogens with one attached hydrogen (secondary N) is 1. The average Bonchev–Trinajstić information content (AvgIpc) is 3.45.